The molecule has 0 aromatic carbocycles. The maximum atomic E-state index is 12.2. The van der Waals surface area contributed by atoms with Crippen LogP contribution in [0.25, 0.3) is 0 Å². The molecule has 1 aliphatic carbocycles. The Morgan fingerprint density at radius 2 is 2.20 bits per heavy atom. The minimum atomic E-state index is -0.669. The predicted molar refractivity (Wildman–Crippen MR) is 78.0 cm³/mol. The number of carbonyl (C=O) groups is 1. The van der Waals surface area contributed by atoms with E-state index >= 15 is 0 Å². The summed E-state index contributed by atoms with van der Waals surface area (Å²) in [5, 5.41) is 15.4. The monoisotopic (exact) mass is 278 g/mol. The van der Waals surface area contributed by atoms with Crippen molar-refractivity contribution in [3.8, 4) is 6.07 Å². The van der Waals surface area contributed by atoms with E-state index in [0.29, 0.717) is 18.4 Å². The van der Waals surface area contributed by atoms with Crippen LogP contribution in [0.15, 0.2) is 0 Å². The molecule has 2 aliphatic rings. The van der Waals surface area contributed by atoms with Gasteiger partial charge in [-0.3, -0.25) is 9.69 Å². The van der Waals surface area contributed by atoms with Crippen molar-refractivity contribution in [2.75, 3.05) is 33.2 Å². The second-order valence-electron chi connectivity index (χ2n) is 6.44. The van der Waals surface area contributed by atoms with E-state index < -0.39 is 5.54 Å². The van der Waals surface area contributed by atoms with Crippen molar-refractivity contribution in [3.05, 3.63) is 0 Å². The molecule has 2 fully saturated rings. The molecule has 1 saturated carbocycles. The van der Waals surface area contributed by atoms with Gasteiger partial charge < -0.3 is 10.6 Å². The highest BCUT2D eigenvalue weighted by atomic mass is 16.2. The second-order valence-corrected chi connectivity index (χ2v) is 6.44. The van der Waals surface area contributed by atoms with Crippen LogP contribution in [0.5, 0.6) is 0 Å². The van der Waals surface area contributed by atoms with Crippen molar-refractivity contribution in [2.45, 2.75) is 38.1 Å². The van der Waals surface area contributed by atoms with E-state index in [1.54, 1.807) is 0 Å². The molecule has 1 saturated heterocycles. The summed E-state index contributed by atoms with van der Waals surface area (Å²) in [5.41, 5.74) is -0.669. The molecular weight excluding hydrogens is 252 g/mol. The van der Waals surface area contributed by atoms with Crippen LogP contribution >= 0.6 is 0 Å². The number of amides is 1. The average molecular weight is 278 g/mol. The molecule has 1 amide bonds. The smallest absolute Gasteiger partial charge is 0.235 e. The van der Waals surface area contributed by atoms with E-state index in [-0.39, 0.29) is 5.91 Å². The van der Waals surface area contributed by atoms with Crippen LogP contribution in [-0.4, -0.2) is 49.6 Å². The summed E-state index contributed by atoms with van der Waals surface area (Å²) in [6.45, 7) is 5.24. The van der Waals surface area contributed by atoms with E-state index in [9.17, 15) is 10.1 Å². The lowest BCUT2D eigenvalue weighted by atomic mass is 9.97. The van der Waals surface area contributed by atoms with E-state index in [1.807, 2.05) is 14.0 Å². The molecule has 5 nitrogen and oxygen atoms in total. The standard InChI is InChI=1S/C15H26N4O/c1-15(11-16,13-5-6-13)18-14(20)10-19-7-3-4-12(9-19)8-17-2/h12-13,17H,3-10H2,1-2H3,(H,18,20). The molecule has 2 N–H and O–H groups in total. The van der Waals surface area contributed by atoms with Gasteiger partial charge in [0, 0.05) is 6.54 Å². The number of rotatable bonds is 6. The molecule has 0 aromatic heterocycles. The van der Waals surface area contributed by atoms with Gasteiger partial charge in [-0.2, -0.15) is 5.26 Å². The first kappa shape index (κ1) is 15.3. The summed E-state index contributed by atoms with van der Waals surface area (Å²) in [6, 6.07) is 2.28. The lowest BCUT2D eigenvalue weighted by Gasteiger charge is -2.33. The van der Waals surface area contributed by atoms with Gasteiger partial charge in [0.25, 0.3) is 0 Å². The Morgan fingerprint density at radius 1 is 1.45 bits per heavy atom. The number of hydrogen-bond donors (Lipinski definition) is 2. The van der Waals surface area contributed by atoms with Crippen LogP contribution in [0.3, 0.4) is 0 Å². The van der Waals surface area contributed by atoms with Crippen molar-refractivity contribution < 1.29 is 4.79 Å². The molecule has 2 atom stereocenters. The predicted octanol–water partition coefficient (Wildman–Crippen LogP) is 0.726. The highest BCUT2D eigenvalue weighted by molar-refractivity contribution is 5.79. The second kappa shape index (κ2) is 6.55. The normalized spacial score (nSPS) is 26.6. The number of hydrogen-bond acceptors (Lipinski definition) is 4. The number of nitrogens with zero attached hydrogens (tertiary/aromatic N) is 2. The average Bonchev–Trinajstić information content (AvgIpc) is 3.24. The van der Waals surface area contributed by atoms with E-state index in [4.69, 9.17) is 0 Å². The lowest BCUT2D eigenvalue weighted by Crippen LogP contribution is -2.51. The zero-order chi connectivity index (χ0) is 14.6. The molecule has 1 heterocycles. The minimum absolute atomic E-state index is 0.00828. The molecule has 112 valence electrons. The number of likely N-dealkylation sites (tertiary alicyclic amines) is 1. The van der Waals surface area contributed by atoms with Crippen molar-refractivity contribution >= 4 is 5.91 Å². The Bertz CT molecular complexity index is 386. The van der Waals surface area contributed by atoms with Crippen LogP contribution in [-0.2, 0) is 4.79 Å². The fraction of sp³-hybridized carbons (Fsp3) is 0.867. The van der Waals surface area contributed by atoms with Crippen molar-refractivity contribution in [1.82, 2.24) is 15.5 Å². The molecule has 0 radical (unpaired) electrons. The third-order valence-electron chi connectivity index (χ3n) is 4.49. The first-order chi connectivity index (χ1) is 9.57. The third-order valence-corrected chi connectivity index (χ3v) is 4.49. The highest BCUT2D eigenvalue weighted by Crippen LogP contribution is 2.39. The van der Waals surface area contributed by atoms with Gasteiger partial charge in [0.1, 0.15) is 5.54 Å². The van der Waals surface area contributed by atoms with Gasteiger partial charge in [-0.15, -0.1) is 0 Å². The van der Waals surface area contributed by atoms with Crippen LogP contribution in [0.1, 0.15) is 32.6 Å². The van der Waals surface area contributed by atoms with Crippen LogP contribution in [0.2, 0.25) is 0 Å². The number of nitriles is 1. The highest BCUT2D eigenvalue weighted by Gasteiger charge is 2.43. The quantitative estimate of drug-likeness (QED) is 0.751. The molecule has 1 aliphatic heterocycles. The summed E-state index contributed by atoms with van der Waals surface area (Å²) in [5.74, 6) is 0.966. The first-order valence-electron chi connectivity index (χ1n) is 7.66. The van der Waals surface area contributed by atoms with Gasteiger partial charge in [0.05, 0.1) is 12.6 Å². The number of piperidine rings is 1. The van der Waals surface area contributed by atoms with Crippen molar-refractivity contribution in [2.24, 2.45) is 11.8 Å². The molecule has 2 unspecified atom stereocenters. The van der Waals surface area contributed by atoms with E-state index in [1.165, 1.54) is 6.42 Å². The Labute approximate surface area is 121 Å². The summed E-state index contributed by atoms with van der Waals surface area (Å²) in [4.78, 5) is 14.4. The van der Waals surface area contributed by atoms with Crippen LogP contribution < -0.4 is 10.6 Å². The molecule has 0 spiro atoms. The molecule has 20 heavy (non-hydrogen) atoms. The van der Waals surface area contributed by atoms with Gasteiger partial charge in [0.2, 0.25) is 5.91 Å². The first-order valence-corrected chi connectivity index (χ1v) is 7.66. The maximum absolute atomic E-state index is 12.2. The number of carbonyl (C=O) groups excluding carboxylic acids is 1. The van der Waals surface area contributed by atoms with Crippen LogP contribution in [0.4, 0.5) is 0 Å². The lowest BCUT2D eigenvalue weighted by molar-refractivity contribution is -0.124. The zero-order valence-corrected chi connectivity index (χ0v) is 12.6. The van der Waals surface area contributed by atoms with Gasteiger partial charge in [-0.1, -0.05) is 0 Å². The summed E-state index contributed by atoms with van der Waals surface area (Å²) >= 11 is 0. The van der Waals surface area contributed by atoms with E-state index in [2.05, 4.69) is 21.6 Å². The number of nitrogens with one attached hydrogen (secondary N) is 2. The van der Waals surface area contributed by atoms with Crippen molar-refractivity contribution in [1.29, 1.82) is 5.26 Å². The Hall–Kier alpha value is -1.12. The zero-order valence-electron chi connectivity index (χ0n) is 12.6. The molecule has 5 heteroatoms. The Balaban J connectivity index is 1.80. The van der Waals surface area contributed by atoms with E-state index in [0.717, 1.165) is 38.9 Å². The van der Waals surface area contributed by atoms with Gasteiger partial charge in [0.15, 0.2) is 0 Å². The van der Waals surface area contributed by atoms with Gasteiger partial charge in [-0.05, 0) is 64.6 Å². The maximum Gasteiger partial charge on any atom is 0.235 e. The fourth-order valence-electron chi connectivity index (χ4n) is 3.16. The van der Waals surface area contributed by atoms with Crippen LogP contribution in [0, 0.1) is 23.2 Å². The molecular formula is C15H26N4O. The minimum Gasteiger partial charge on any atom is -0.337 e. The van der Waals surface area contributed by atoms with Gasteiger partial charge >= 0.3 is 0 Å². The van der Waals surface area contributed by atoms with Gasteiger partial charge in [-0.25, -0.2) is 0 Å². The molecule has 0 bridgehead atoms. The summed E-state index contributed by atoms with van der Waals surface area (Å²) in [7, 11) is 1.97. The largest absolute Gasteiger partial charge is 0.337 e. The Kier molecular flexibility index (Phi) is 5.00. The summed E-state index contributed by atoms with van der Waals surface area (Å²) in [6.07, 6.45) is 4.49. The Morgan fingerprint density at radius 3 is 2.80 bits per heavy atom. The molecule has 0 aromatic rings. The fourth-order valence-corrected chi connectivity index (χ4v) is 3.16. The summed E-state index contributed by atoms with van der Waals surface area (Å²) < 4.78 is 0. The topological polar surface area (TPSA) is 68.2 Å². The third kappa shape index (κ3) is 3.94. The molecule has 2 rings (SSSR count). The SMILES string of the molecule is CNCC1CCCN(CC(=O)NC(C)(C#N)C2CC2)C1. The van der Waals surface area contributed by atoms with Crippen molar-refractivity contribution in [3.63, 3.8) is 0 Å².